The van der Waals surface area contributed by atoms with Gasteiger partial charge in [0, 0.05) is 5.69 Å². The first kappa shape index (κ1) is 14.6. The molecule has 2 rings (SSSR count). The van der Waals surface area contributed by atoms with Gasteiger partial charge in [0.2, 0.25) is 0 Å². The molecule has 0 aliphatic heterocycles. The SMILES string of the molecule is Cc1ccc(OCCCCCc2c(C)n[nH]c2C)cc1. The second kappa shape index (κ2) is 7.13. The van der Waals surface area contributed by atoms with Crippen molar-refractivity contribution in [1.29, 1.82) is 0 Å². The topological polar surface area (TPSA) is 37.9 Å². The molecular formula is C17H24N2O. The van der Waals surface area contributed by atoms with Crippen LogP contribution in [-0.4, -0.2) is 16.8 Å². The average Bonchev–Trinajstić information content (AvgIpc) is 2.76. The molecule has 1 N–H and O–H groups in total. The standard InChI is InChI=1S/C17H24N2O/c1-13-8-10-16(11-9-13)20-12-6-4-5-7-17-14(2)18-19-15(17)3/h8-11H,4-7,12H2,1-3H3,(H,18,19). The van der Waals surface area contributed by atoms with Crippen molar-refractivity contribution in [2.24, 2.45) is 0 Å². The van der Waals surface area contributed by atoms with Crippen LogP contribution < -0.4 is 4.74 Å². The first-order valence-corrected chi connectivity index (χ1v) is 7.36. The predicted molar refractivity (Wildman–Crippen MR) is 82.3 cm³/mol. The van der Waals surface area contributed by atoms with Crippen molar-refractivity contribution >= 4 is 0 Å². The number of unbranched alkanes of at least 4 members (excludes halogenated alkanes) is 2. The largest absolute Gasteiger partial charge is 0.494 e. The molecule has 0 unspecified atom stereocenters. The monoisotopic (exact) mass is 272 g/mol. The van der Waals surface area contributed by atoms with Crippen LogP contribution >= 0.6 is 0 Å². The van der Waals surface area contributed by atoms with Crippen LogP contribution in [0.25, 0.3) is 0 Å². The van der Waals surface area contributed by atoms with Crippen LogP contribution in [-0.2, 0) is 6.42 Å². The van der Waals surface area contributed by atoms with E-state index in [2.05, 4.69) is 43.1 Å². The number of ether oxygens (including phenoxy) is 1. The maximum Gasteiger partial charge on any atom is 0.119 e. The van der Waals surface area contributed by atoms with Gasteiger partial charge in [-0.15, -0.1) is 0 Å². The summed E-state index contributed by atoms with van der Waals surface area (Å²) < 4.78 is 5.73. The maximum atomic E-state index is 5.73. The number of rotatable bonds is 7. The van der Waals surface area contributed by atoms with Gasteiger partial charge in [-0.2, -0.15) is 5.10 Å². The van der Waals surface area contributed by atoms with E-state index in [-0.39, 0.29) is 0 Å². The van der Waals surface area contributed by atoms with Crippen LogP contribution in [0.5, 0.6) is 5.75 Å². The summed E-state index contributed by atoms with van der Waals surface area (Å²) in [5.41, 5.74) is 4.99. The second-order valence-electron chi connectivity index (χ2n) is 5.38. The molecule has 0 amide bonds. The molecule has 0 bridgehead atoms. The van der Waals surface area contributed by atoms with E-state index in [0.717, 1.165) is 30.9 Å². The summed E-state index contributed by atoms with van der Waals surface area (Å²) in [6.45, 7) is 7.05. The van der Waals surface area contributed by atoms with Gasteiger partial charge in [-0.1, -0.05) is 17.7 Å². The minimum atomic E-state index is 0.798. The minimum Gasteiger partial charge on any atom is -0.494 e. The van der Waals surface area contributed by atoms with Crippen LogP contribution in [0.15, 0.2) is 24.3 Å². The molecule has 0 aliphatic rings. The van der Waals surface area contributed by atoms with Gasteiger partial charge in [-0.05, 0) is 64.2 Å². The molecule has 1 heterocycles. The average molecular weight is 272 g/mol. The van der Waals surface area contributed by atoms with E-state index in [9.17, 15) is 0 Å². The highest BCUT2D eigenvalue weighted by molar-refractivity contribution is 5.26. The zero-order valence-electron chi connectivity index (χ0n) is 12.7. The Bertz CT molecular complexity index is 509. The Labute approximate surface area is 121 Å². The minimum absolute atomic E-state index is 0.798. The summed E-state index contributed by atoms with van der Waals surface area (Å²) in [6.07, 6.45) is 4.59. The van der Waals surface area contributed by atoms with Crippen molar-refractivity contribution in [1.82, 2.24) is 10.2 Å². The van der Waals surface area contributed by atoms with Gasteiger partial charge in [0.15, 0.2) is 0 Å². The predicted octanol–water partition coefficient (Wildman–Crippen LogP) is 4.13. The van der Waals surface area contributed by atoms with Gasteiger partial charge < -0.3 is 4.74 Å². The molecule has 2 aromatic rings. The summed E-state index contributed by atoms with van der Waals surface area (Å²) in [5.74, 6) is 0.970. The quantitative estimate of drug-likeness (QED) is 0.770. The van der Waals surface area contributed by atoms with E-state index in [0.29, 0.717) is 0 Å². The van der Waals surface area contributed by atoms with Crippen molar-refractivity contribution in [3.8, 4) is 5.75 Å². The van der Waals surface area contributed by atoms with Crippen LogP contribution in [0, 0.1) is 20.8 Å². The Balaban J connectivity index is 1.61. The molecule has 1 aromatic heterocycles. The molecular weight excluding hydrogens is 248 g/mol. The summed E-state index contributed by atoms with van der Waals surface area (Å²) in [4.78, 5) is 0. The fourth-order valence-corrected chi connectivity index (χ4v) is 2.35. The lowest BCUT2D eigenvalue weighted by molar-refractivity contribution is 0.305. The van der Waals surface area contributed by atoms with Crippen LogP contribution in [0.2, 0.25) is 0 Å². The Kier molecular flexibility index (Phi) is 5.22. The molecule has 0 spiro atoms. The Morgan fingerprint density at radius 3 is 2.40 bits per heavy atom. The van der Waals surface area contributed by atoms with Gasteiger partial charge in [0.05, 0.1) is 12.3 Å². The maximum absolute atomic E-state index is 5.73. The summed E-state index contributed by atoms with van der Waals surface area (Å²) in [6, 6.07) is 8.24. The fourth-order valence-electron chi connectivity index (χ4n) is 2.35. The highest BCUT2D eigenvalue weighted by Crippen LogP contribution is 2.15. The lowest BCUT2D eigenvalue weighted by Crippen LogP contribution is -1.98. The molecule has 3 heteroatoms. The zero-order valence-corrected chi connectivity index (χ0v) is 12.7. The first-order chi connectivity index (χ1) is 9.66. The van der Waals surface area contributed by atoms with E-state index in [1.165, 1.54) is 29.7 Å². The van der Waals surface area contributed by atoms with Crippen LogP contribution in [0.3, 0.4) is 0 Å². The number of hydrogen-bond donors (Lipinski definition) is 1. The van der Waals surface area contributed by atoms with E-state index < -0.39 is 0 Å². The molecule has 1 aromatic carbocycles. The normalized spacial score (nSPS) is 10.8. The number of H-pyrrole nitrogens is 1. The third-order valence-electron chi connectivity index (χ3n) is 3.64. The zero-order chi connectivity index (χ0) is 14.4. The molecule has 0 saturated carbocycles. The van der Waals surface area contributed by atoms with E-state index in [4.69, 9.17) is 4.74 Å². The van der Waals surface area contributed by atoms with E-state index >= 15 is 0 Å². The Morgan fingerprint density at radius 2 is 1.75 bits per heavy atom. The third kappa shape index (κ3) is 4.12. The molecule has 0 fully saturated rings. The van der Waals surface area contributed by atoms with Gasteiger partial charge in [0.25, 0.3) is 0 Å². The van der Waals surface area contributed by atoms with Crippen molar-refractivity contribution in [2.45, 2.75) is 46.5 Å². The third-order valence-corrected chi connectivity index (χ3v) is 3.64. The summed E-state index contributed by atoms with van der Waals surface area (Å²) >= 11 is 0. The molecule has 20 heavy (non-hydrogen) atoms. The first-order valence-electron chi connectivity index (χ1n) is 7.36. The molecule has 108 valence electrons. The Morgan fingerprint density at radius 1 is 1.00 bits per heavy atom. The van der Waals surface area contributed by atoms with Crippen LogP contribution in [0.4, 0.5) is 0 Å². The number of benzene rings is 1. The van der Waals surface area contributed by atoms with Gasteiger partial charge in [-0.25, -0.2) is 0 Å². The van der Waals surface area contributed by atoms with E-state index in [1.807, 2.05) is 12.1 Å². The van der Waals surface area contributed by atoms with Gasteiger partial charge >= 0.3 is 0 Å². The number of aromatic amines is 1. The van der Waals surface area contributed by atoms with Crippen molar-refractivity contribution < 1.29 is 4.74 Å². The lowest BCUT2D eigenvalue weighted by atomic mass is 10.1. The smallest absolute Gasteiger partial charge is 0.119 e. The summed E-state index contributed by atoms with van der Waals surface area (Å²) in [5, 5.41) is 7.27. The highest BCUT2D eigenvalue weighted by Gasteiger charge is 2.05. The highest BCUT2D eigenvalue weighted by atomic mass is 16.5. The van der Waals surface area contributed by atoms with E-state index in [1.54, 1.807) is 0 Å². The Hall–Kier alpha value is -1.77. The number of aromatic nitrogens is 2. The number of nitrogens with zero attached hydrogens (tertiary/aromatic N) is 1. The fraction of sp³-hybridized carbons (Fsp3) is 0.471. The lowest BCUT2D eigenvalue weighted by Gasteiger charge is -2.06. The van der Waals surface area contributed by atoms with Gasteiger partial charge in [-0.3, -0.25) is 5.10 Å². The number of hydrogen-bond acceptors (Lipinski definition) is 2. The van der Waals surface area contributed by atoms with Gasteiger partial charge in [0.1, 0.15) is 5.75 Å². The van der Waals surface area contributed by atoms with Crippen molar-refractivity contribution in [3.63, 3.8) is 0 Å². The molecule has 0 saturated heterocycles. The molecule has 0 aliphatic carbocycles. The van der Waals surface area contributed by atoms with Crippen molar-refractivity contribution in [3.05, 3.63) is 46.8 Å². The molecule has 3 nitrogen and oxygen atoms in total. The number of nitrogens with one attached hydrogen (secondary N) is 1. The molecule has 0 radical (unpaired) electrons. The second-order valence-corrected chi connectivity index (χ2v) is 5.38. The van der Waals surface area contributed by atoms with Crippen molar-refractivity contribution in [2.75, 3.05) is 6.61 Å². The molecule has 0 atom stereocenters. The number of aryl methyl sites for hydroxylation is 3. The summed E-state index contributed by atoms with van der Waals surface area (Å²) in [7, 11) is 0. The van der Waals surface area contributed by atoms with Crippen LogP contribution in [0.1, 0.15) is 41.8 Å².